The van der Waals surface area contributed by atoms with Crippen molar-refractivity contribution in [3.8, 4) is 0 Å². The first kappa shape index (κ1) is 14.6. The van der Waals surface area contributed by atoms with Crippen LogP contribution in [0.3, 0.4) is 0 Å². The Morgan fingerprint density at radius 2 is 2.17 bits per heavy atom. The van der Waals surface area contributed by atoms with E-state index in [0.29, 0.717) is 14.4 Å². The average molecular weight is 438 g/mol. The van der Waals surface area contributed by atoms with Crippen molar-refractivity contribution in [1.29, 1.82) is 0 Å². The van der Waals surface area contributed by atoms with E-state index < -0.39 is 16.1 Å². The van der Waals surface area contributed by atoms with E-state index in [9.17, 15) is 8.42 Å². The van der Waals surface area contributed by atoms with Gasteiger partial charge in [-0.25, -0.2) is 17.7 Å². The highest BCUT2D eigenvalue weighted by atomic mass is 79.9. The topological polar surface area (TPSA) is 75.8 Å². The molecule has 0 saturated carbocycles. The second-order valence-corrected chi connectivity index (χ2v) is 9.20. The van der Waals surface area contributed by atoms with Crippen LogP contribution in [0.4, 0.5) is 0 Å². The van der Waals surface area contributed by atoms with Crippen molar-refractivity contribution in [2.75, 3.05) is 12.8 Å². The molecule has 2 N–H and O–H groups in total. The van der Waals surface area contributed by atoms with Crippen molar-refractivity contribution in [2.45, 2.75) is 6.04 Å². The van der Waals surface area contributed by atoms with Gasteiger partial charge in [-0.2, -0.15) is 0 Å². The normalized spacial score (nSPS) is 23.0. The lowest BCUT2D eigenvalue weighted by Gasteiger charge is -2.26. The average Bonchev–Trinajstić information content (AvgIpc) is 2.53. The minimum absolute atomic E-state index is 0.0250. The summed E-state index contributed by atoms with van der Waals surface area (Å²) in [7, 11) is -2.05. The van der Waals surface area contributed by atoms with Gasteiger partial charge in [0, 0.05) is 7.05 Å². The fraction of sp³-hybridized carbons (Fsp3) is 0.375. The fourth-order valence-corrected chi connectivity index (χ4v) is 5.43. The van der Waals surface area contributed by atoms with Gasteiger partial charge in [0.05, 0.1) is 23.9 Å². The Morgan fingerprint density at radius 3 is 2.61 bits per heavy atom. The van der Waals surface area contributed by atoms with Crippen LogP contribution in [-0.2, 0) is 10.0 Å². The molecule has 0 unspecified atom stereocenters. The standard InChI is InChI=1S/C8H8Br2ClN3O2S2/c1-14-8(12)13-3(2-18(14,15)16)6-5(11)4(9)7(10)17-6/h3H,2H2,1H3,(H2,12,13)/t3-/m0/s1. The molecule has 10 heteroatoms. The molecule has 5 nitrogen and oxygen atoms in total. The van der Waals surface area contributed by atoms with Crippen molar-refractivity contribution in [3.05, 3.63) is 18.2 Å². The highest BCUT2D eigenvalue weighted by Gasteiger charge is 2.33. The Labute approximate surface area is 130 Å². The summed E-state index contributed by atoms with van der Waals surface area (Å²) in [5.74, 6) is -0.161. The maximum atomic E-state index is 11.9. The zero-order valence-corrected chi connectivity index (χ0v) is 14.6. The van der Waals surface area contributed by atoms with E-state index >= 15 is 0 Å². The van der Waals surface area contributed by atoms with Gasteiger partial charge in [0.1, 0.15) is 6.04 Å². The predicted octanol–water partition coefficient (Wildman–Crippen LogP) is 2.56. The van der Waals surface area contributed by atoms with Crippen molar-refractivity contribution in [2.24, 2.45) is 10.7 Å². The lowest BCUT2D eigenvalue weighted by atomic mass is 10.3. The lowest BCUT2D eigenvalue weighted by molar-refractivity contribution is 0.532. The zero-order chi connectivity index (χ0) is 13.7. The maximum absolute atomic E-state index is 11.9. The molecule has 1 aromatic rings. The molecule has 0 aromatic carbocycles. The molecular weight excluding hydrogens is 430 g/mol. The van der Waals surface area contributed by atoms with Gasteiger partial charge < -0.3 is 5.73 Å². The maximum Gasteiger partial charge on any atom is 0.239 e. The number of nitrogens with zero attached hydrogens (tertiary/aromatic N) is 2. The number of guanidine groups is 1. The Morgan fingerprint density at radius 1 is 1.56 bits per heavy atom. The van der Waals surface area contributed by atoms with E-state index in [1.54, 1.807) is 0 Å². The Kier molecular flexibility index (Phi) is 3.99. The van der Waals surface area contributed by atoms with Crippen LogP contribution >= 0.6 is 54.8 Å². The fourth-order valence-electron chi connectivity index (χ4n) is 1.46. The number of hydrogen-bond acceptors (Lipinski definition) is 5. The molecular formula is C8H8Br2ClN3O2S2. The second-order valence-electron chi connectivity index (χ2n) is 3.62. The highest BCUT2D eigenvalue weighted by molar-refractivity contribution is 9.13. The largest absolute Gasteiger partial charge is 0.369 e. The molecule has 0 aliphatic carbocycles. The number of sulfonamides is 1. The molecule has 0 amide bonds. The van der Waals surface area contributed by atoms with Crippen molar-refractivity contribution < 1.29 is 8.42 Å². The Bertz CT molecular complexity index is 629. The van der Waals surface area contributed by atoms with E-state index in [1.807, 2.05) is 0 Å². The van der Waals surface area contributed by atoms with E-state index in [4.69, 9.17) is 17.3 Å². The molecule has 2 heterocycles. The third-order valence-corrected chi connectivity index (χ3v) is 8.52. The van der Waals surface area contributed by atoms with Gasteiger partial charge in [0.15, 0.2) is 0 Å². The van der Waals surface area contributed by atoms with Crippen LogP contribution in [0.5, 0.6) is 0 Å². The Balaban J connectivity index is 2.50. The van der Waals surface area contributed by atoms with Gasteiger partial charge in [-0.3, -0.25) is 0 Å². The number of hydrogen-bond donors (Lipinski definition) is 1. The van der Waals surface area contributed by atoms with Crippen molar-refractivity contribution >= 4 is 70.8 Å². The van der Waals surface area contributed by atoms with E-state index in [2.05, 4.69) is 36.9 Å². The number of aliphatic imine (C=N–C) groups is 1. The molecule has 18 heavy (non-hydrogen) atoms. The minimum atomic E-state index is -3.43. The van der Waals surface area contributed by atoms with E-state index in [1.165, 1.54) is 18.4 Å². The van der Waals surface area contributed by atoms with Gasteiger partial charge in [-0.05, 0) is 31.9 Å². The lowest BCUT2D eigenvalue weighted by Crippen LogP contribution is -2.44. The molecule has 1 aliphatic rings. The third-order valence-electron chi connectivity index (χ3n) is 2.48. The third kappa shape index (κ3) is 2.43. The van der Waals surface area contributed by atoms with Gasteiger partial charge in [-0.1, -0.05) is 11.6 Å². The van der Waals surface area contributed by atoms with Crippen molar-refractivity contribution in [3.63, 3.8) is 0 Å². The quantitative estimate of drug-likeness (QED) is 0.734. The molecule has 0 bridgehead atoms. The first-order valence-electron chi connectivity index (χ1n) is 4.67. The number of rotatable bonds is 1. The van der Waals surface area contributed by atoms with E-state index in [0.717, 1.165) is 8.09 Å². The molecule has 0 saturated heterocycles. The predicted molar refractivity (Wildman–Crippen MR) is 80.6 cm³/mol. The highest BCUT2D eigenvalue weighted by Crippen LogP contribution is 2.45. The summed E-state index contributed by atoms with van der Waals surface area (Å²) in [6.07, 6.45) is 0. The zero-order valence-electron chi connectivity index (χ0n) is 9.02. The van der Waals surface area contributed by atoms with Crippen LogP contribution in [0.25, 0.3) is 0 Å². The molecule has 0 fully saturated rings. The van der Waals surface area contributed by atoms with Crippen LogP contribution in [0.15, 0.2) is 13.3 Å². The number of thiophene rings is 1. The molecule has 0 radical (unpaired) electrons. The van der Waals surface area contributed by atoms with Crippen LogP contribution in [-0.4, -0.2) is 31.5 Å². The molecule has 2 rings (SSSR count). The summed E-state index contributed by atoms with van der Waals surface area (Å²) in [5, 5.41) is 0.466. The summed E-state index contributed by atoms with van der Waals surface area (Å²) >= 11 is 14.1. The monoisotopic (exact) mass is 435 g/mol. The summed E-state index contributed by atoms with van der Waals surface area (Å²) in [4.78, 5) is 4.85. The van der Waals surface area contributed by atoms with Gasteiger partial charge >= 0.3 is 0 Å². The first-order valence-corrected chi connectivity index (χ1v) is 9.06. The van der Waals surface area contributed by atoms with Gasteiger partial charge in [0.25, 0.3) is 0 Å². The Hall–Kier alpha value is 0.170. The van der Waals surface area contributed by atoms with Gasteiger partial charge in [-0.15, -0.1) is 11.3 Å². The summed E-state index contributed by atoms with van der Waals surface area (Å²) in [5.41, 5.74) is 5.61. The van der Waals surface area contributed by atoms with Crippen molar-refractivity contribution in [1.82, 2.24) is 4.31 Å². The van der Waals surface area contributed by atoms with Crippen LogP contribution in [0.1, 0.15) is 10.9 Å². The number of nitrogens with two attached hydrogens (primary N) is 1. The molecule has 1 aliphatic heterocycles. The van der Waals surface area contributed by atoms with Crippen LogP contribution in [0.2, 0.25) is 5.02 Å². The van der Waals surface area contributed by atoms with Crippen LogP contribution < -0.4 is 5.73 Å². The van der Waals surface area contributed by atoms with Crippen LogP contribution in [0, 0.1) is 0 Å². The summed E-state index contributed by atoms with van der Waals surface area (Å²) < 4.78 is 26.2. The molecule has 100 valence electrons. The summed E-state index contributed by atoms with van der Waals surface area (Å²) in [6.45, 7) is 0. The smallest absolute Gasteiger partial charge is 0.239 e. The minimum Gasteiger partial charge on any atom is -0.369 e. The molecule has 0 spiro atoms. The SMILES string of the molecule is CN1C(N)=N[C@H](c2sc(Br)c(Br)c2Cl)CS1(=O)=O. The van der Waals surface area contributed by atoms with Gasteiger partial charge in [0.2, 0.25) is 16.0 Å². The van der Waals surface area contributed by atoms with E-state index in [-0.39, 0.29) is 11.7 Å². The molecule has 1 aromatic heterocycles. The first-order chi connectivity index (χ1) is 8.24. The number of halogens is 3. The summed E-state index contributed by atoms with van der Waals surface area (Å²) in [6, 6.07) is -0.564. The second kappa shape index (κ2) is 4.93. The molecule has 1 atom stereocenters.